The van der Waals surface area contributed by atoms with Crippen molar-refractivity contribution in [3.63, 3.8) is 0 Å². The van der Waals surface area contributed by atoms with E-state index in [1.165, 1.54) is 11.8 Å². The van der Waals surface area contributed by atoms with E-state index in [0.29, 0.717) is 16.6 Å². The predicted octanol–water partition coefficient (Wildman–Crippen LogP) is 4.19. The summed E-state index contributed by atoms with van der Waals surface area (Å²) in [4.78, 5) is 17.0. The van der Waals surface area contributed by atoms with Crippen LogP contribution in [0.25, 0.3) is 0 Å². The topological polar surface area (TPSA) is 42.0 Å². The third kappa shape index (κ3) is 4.92. The van der Waals surface area contributed by atoms with E-state index in [0.717, 1.165) is 10.6 Å². The molecular weight excluding hydrogens is 327 g/mol. The van der Waals surface area contributed by atoms with Crippen LogP contribution in [0.2, 0.25) is 10.0 Å². The predicted molar refractivity (Wildman–Crippen MR) is 87.9 cm³/mol. The molecule has 1 atom stereocenters. The lowest BCUT2D eigenvalue weighted by Gasteiger charge is -2.13. The highest BCUT2D eigenvalue weighted by atomic mass is 35.5. The van der Waals surface area contributed by atoms with Crippen LogP contribution in [0.1, 0.15) is 12.6 Å². The summed E-state index contributed by atoms with van der Waals surface area (Å²) in [6, 6.07) is 10.8. The molecule has 0 bridgehead atoms. The molecule has 0 aliphatic rings. The Labute approximate surface area is 138 Å². The molecule has 1 amide bonds. The molecule has 0 aliphatic heterocycles. The van der Waals surface area contributed by atoms with Gasteiger partial charge in [-0.1, -0.05) is 29.3 Å². The van der Waals surface area contributed by atoms with Crippen LogP contribution in [0.3, 0.4) is 0 Å². The summed E-state index contributed by atoms with van der Waals surface area (Å²) in [5.41, 5.74) is 0.823. The van der Waals surface area contributed by atoms with Gasteiger partial charge in [0.15, 0.2) is 0 Å². The molecule has 2 aromatic rings. The Kier molecular flexibility index (Phi) is 5.91. The number of aromatic nitrogens is 1. The van der Waals surface area contributed by atoms with Crippen molar-refractivity contribution in [3.05, 3.63) is 58.3 Å². The first kappa shape index (κ1) is 16.1. The fourth-order valence-electron chi connectivity index (χ4n) is 1.64. The second-order valence-electron chi connectivity index (χ2n) is 4.37. The lowest BCUT2D eigenvalue weighted by Crippen LogP contribution is -2.30. The summed E-state index contributed by atoms with van der Waals surface area (Å²) in [5, 5.41) is 3.77. The van der Waals surface area contributed by atoms with Gasteiger partial charge < -0.3 is 5.32 Å². The van der Waals surface area contributed by atoms with E-state index in [-0.39, 0.29) is 11.2 Å². The number of nitrogens with one attached hydrogen (secondary N) is 1. The quantitative estimate of drug-likeness (QED) is 0.830. The maximum absolute atomic E-state index is 12.1. The molecule has 0 aliphatic carbocycles. The third-order valence-corrected chi connectivity index (χ3v) is 4.57. The molecule has 110 valence electrons. The highest BCUT2D eigenvalue weighted by molar-refractivity contribution is 8.00. The second kappa shape index (κ2) is 7.69. The van der Waals surface area contributed by atoms with Crippen molar-refractivity contribution in [2.24, 2.45) is 0 Å². The van der Waals surface area contributed by atoms with E-state index in [1.54, 1.807) is 24.4 Å². The fraction of sp³-hybridized carbons (Fsp3) is 0.200. The zero-order chi connectivity index (χ0) is 15.2. The van der Waals surface area contributed by atoms with E-state index < -0.39 is 0 Å². The van der Waals surface area contributed by atoms with Gasteiger partial charge in [-0.2, -0.15) is 0 Å². The Morgan fingerprint density at radius 1 is 1.33 bits per heavy atom. The van der Waals surface area contributed by atoms with Gasteiger partial charge in [0.25, 0.3) is 0 Å². The number of thioether (sulfide) groups is 1. The minimum atomic E-state index is -0.273. The number of carbonyl (C=O) groups is 1. The van der Waals surface area contributed by atoms with Crippen molar-refractivity contribution in [2.75, 3.05) is 0 Å². The van der Waals surface area contributed by atoms with Crippen LogP contribution in [0.4, 0.5) is 0 Å². The molecule has 1 aromatic heterocycles. The standard InChI is InChI=1S/C15H14Cl2N2OS/c1-10(21-14-8-11(16)5-6-13(14)17)15(20)19-9-12-4-2-3-7-18-12/h2-8,10H,9H2,1H3,(H,19,20)/t10-/m0/s1. The zero-order valence-corrected chi connectivity index (χ0v) is 13.7. The summed E-state index contributed by atoms with van der Waals surface area (Å²) >= 11 is 13.4. The molecule has 1 heterocycles. The Balaban J connectivity index is 1.92. The van der Waals surface area contributed by atoms with Gasteiger partial charge in [0.05, 0.1) is 22.5 Å². The van der Waals surface area contributed by atoms with Crippen LogP contribution < -0.4 is 5.32 Å². The number of hydrogen-bond donors (Lipinski definition) is 1. The van der Waals surface area contributed by atoms with Crippen LogP contribution in [0, 0.1) is 0 Å². The summed E-state index contributed by atoms with van der Waals surface area (Å²) < 4.78 is 0. The van der Waals surface area contributed by atoms with Gasteiger partial charge in [-0.15, -0.1) is 11.8 Å². The first-order chi connectivity index (χ1) is 10.1. The minimum absolute atomic E-state index is 0.0679. The molecule has 0 spiro atoms. The van der Waals surface area contributed by atoms with Gasteiger partial charge in [0.2, 0.25) is 5.91 Å². The summed E-state index contributed by atoms with van der Waals surface area (Å²) in [5.74, 6) is -0.0679. The van der Waals surface area contributed by atoms with Gasteiger partial charge >= 0.3 is 0 Å². The molecule has 0 saturated heterocycles. The maximum Gasteiger partial charge on any atom is 0.233 e. The summed E-state index contributed by atoms with van der Waals surface area (Å²) in [6.07, 6.45) is 1.70. The van der Waals surface area contributed by atoms with Crippen molar-refractivity contribution in [2.45, 2.75) is 23.6 Å². The minimum Gasteiger partial charge on any atom is -0.349 e. The maximum atomic E-state index is 12.1. The van der Waals surface area contributed by atoms with E-state index in [9.17, 15) is 4.79 Å². The average molecular weight is 341 g/mol. The first-order valence-corrected chi connectivity index (χ1v) is 7.99. The fourth-order valence-corrected chi connectivity index (χ4v) is 3.07. The van der Waals surface area contributed by atoms with Crippen LogP contribution in [0.5, 0.6) is 0 Å². The van der Waals surface area contributed by atoms with E-state index >= 15 is 0 Å². The van der Waals surface area contributed by atoms with Crippen LogP contribution in [-0.2, 0) is 11.3 Å². The van der Waals surface area contributed by atoms with Gasteiger partial charge in [-0.25, -0.2) is 0 Å². The number of benzene rings is 1. The number of hydrogen-bond acceptors (Lipinski definition) is 3. The second-order valence-corrected chi connectivity index (χ2v) is 6.60. The molecule has 1 N–H and O–H groups in total. The largest absolute Gasteiger partial charge is 0.349 e. The van der Waals surface area contributed by atoms with E-state index in [4.69, 9.17) is 23.2 Å². The number of pyridine rings is 1. The number of halogens is 2. The van der Waals surface area contributed by atoms with Gasteiger partial charge in [0, 0.05) is 16.1 Å². The Morgan fingerprint density at radius 2 is 2.14 bits per heavy atom. The molecular formula is C15H14Cl2N2OS. The lowest BCUT2D eigenvalue weighted by molar-refractivity contribution is -0.120. The highest BCUT2D eigenvalue weighted by Crippen LogP contribution is 2.32. The van der Waals surface area contributed by atoms with Crippen molar-refractivity contribution in [3.8, 4) is 0 Å². The Morgan fingerprint density at radius 3 is 2.86 bits per heavy atom. The zero-order valence-electron chi connectivity index (χ0n) is 11.3. The van der Waals surface area contributed by atoms with Crippen LogP contribution in [-0.4, -0.2) is 16.1 Å². The SMILES string of the molecule is C[C@H](Sc1cc(Cl)ccc1Cl)C(=O)NCc1ccccn1. The number of carbonyl (C=O) groups excluding carboxylic acids is 1. The van der Waals surface area contributed by atoms with Crippen molar-refractivity contribution in [1.82, 2.24) is 10.3 Å². The lowest BCUT2D eigenvalue weighted by atomic mass is 10.3. The van der Waals surface area contributed by atoms with Gasteiger partial charge in [-0.3, -0.25) is 9.78 Å². The van der Waals surface area contributed by atoms with Crippen LogP contribution >= 0.6 is 35.0 Å². The molecule has 6 heteroatoms. The molecule has 0 radical (unpaired) electrons. The normalized spacial score (nSPS) is 12.0. The average Bonchev–Trinajstić information content (AvgIpc) is 2.49. The summed E-state index contributed by atoms with van der Waals surface area (Å²) in [7, 11) is 0. The van der Waals surface area contributed by atoms with Crippen LogP contribution in [0.15, 0.2) is 47.5 Å². The number of amides is 1. The van der Waals surface area contributed by atoms with Gasteiger partial charge in [0.1, 0.15) is 0 Å². The molecule has 0 saturated carbocycles. The molecule has 0 unspecified atom stereocenters. The van der Waals surface area contributed by atoms with Crippen molar-refractivity contribution >= 4 is 40.9 Å². The van der Waals surface area contributed by atoms with E-state index in [1.807, 2.05) is 25.1 Å². The number of rotatable bonds is 5. The molecule has 0 fully saturated rings. The smallest absolute Gasteiger partial charge is 0.233 e. The number of nitrogens with zero attached hydrogens (tertiary/aromatic N) is 1. The Bertz CT molecular complexity index is 622. The molecule has 2 rings (SSSR count). The molecule has 1 aromatic carbocycles. The third-order valence-electron chi connectivity index (χ3n) is 2.74. The van der Waals surface area contributed by atoms with Crippen molar-refractivity contribution < 1.29 is 4.79 Å². The Hall–Kier alpha value is -1.23. The van der Waals surface area contributed by atoms with E-state index in [2.05, 4.69) is 10.3 Å². The summed E-state index contributed by atoms with van der Waals surface area (Å²) in [6.45, 7) is 2.24. The molecule has 3 nitrogen and oxygen atoms in total. The monoisotopic (exact) mass is 340 g/mol. The first-order valence-electron chi connectivity index (χ1n) is 6.35. The van der Waals surface area contributed by atoms with Gasteiger partial charge in [-0.05, 0) is 37.3 Å². The van der Waals surface area contributed by atoms with Crippen molar-refractivity contribution in [1.29, 1.82) is 0 Å². The highest BCUT2D eigenvalue weighted by Gasteiger charge is 2.16. The molecule has 21 heavy (non-hydrogen) atoms.